The average molecular weight is 121 g/mol. The number of hydrogen-bond donors (Lipinski definition) is 0. The van der Waals surface area contributed by atoms with Gasteiger partial charge >= 0.3 is 17.4 Å². The molecule has 0 aromatic heterocycles. The molecule has 5 heteroatoms. The molecule has 1 radical (unpaired) electrons. The van der Waals surface area contributed by atoms with E-state index in [1.807, 2.05) is 0 Å². The Morgan fingerprint density at radius 2 is 0.600 bits per heavy atom. The van der Waals surface area contributed by atoms with Crippen molar-refractivity contribution in [2.24, 2.45) is 0 Å². The van der Waals surface area contributed by atoms with Crippen molar-refractivity contribution in [2.75, 3.05) is 0 Å². The van der Waals surface area contributed by atoms with Crippen molar-refractivity contribution in [3.05, 3.63) is 0 Å². The summed E-state index contributed by atoms with van der Waals surface area (Å²) < 4.78 is 0. The van der Waals surface area contributed by atoms with Crippen LogP contribution in [0.1, 0.15) is 0 Å². The molecule has 5 heavy (non-hydrogen) atoms. The topological polar surface area (TPSA) is 122 Å². The zero-order valence-corrected chi connectivity index (χ0v) is 3.52. The second-order valence-corrected chi connectivity index (χ2v) is 0. The van der Waals surface area contributed by atoms with Gasteiger partial charge in [-0.25, -0.2) is 0 Å². The van der Waals surface area contributed by atoms with Crippen LogP contribution in [0.25, 0.3) is 0 Å². The summed E-state index contributed by atoms with van der Waals surface area (Å²) in [6, 6.07) is 0. The third-order valence-corrected chi connectivity index (χ3v) is 0. The predicted octanol–water partition coefficient (Wildman–Crippen LogP) is -1.36. The number of hydrogen-bond acceptors (Lipinski definition) is 3. The second-order valence-electron chi connectivity index (χ2n) is 0. The van der Waals surface area contributed by atoms with E-state index in [-0.39, 0.29) is 39.3 Å². The van der Waals surface area contributed by atoms with Crippen LogP contribution in [0.15, 0.2) is 0 Å². The van der Waals surface area contributed by atoms with Crippen LogP contribution in [0.2, 0.25) is 0 Å². The SMILES string of the molecule is O.[Cr+3].[OH-].[OH-].[OH-]. The van der Waals surface area contributed by atoms with E-state index in [0.29, 0.717) is 0 Å². The van der Waals surface area contributed by atoms with E-state index in [1.54, 1.807) is 0 Å². The van der Waals surface area contributed by atoms with Gasteiger partial charge in [-0.3, -0.25) is 0 Å². The summed E-state index contributed by atoms with van der Waals surface area (Å²) in [6.45, 7) is 0. The van der Waals surface area contributed by atoms with E-state index in [1.165, 1.54) is 0 Å². The maximum absolute atomic E-state index is 0. The minimum absolute atomic E-state index is 0. The van der Waals surface area contributed by atoms with Crippen molar-refractivity contribution in [3.63, 3.8) is 0 Å². The summed E-state index contributed by atoms with van der Waals surface area (Å²) >= 11 is 0. The molecule has 0 heterocycles. The van der Waals surface area contributed by atoms with Crippen LogP contribution in [0, 0.1) is 0 Å². The van der Waals surface area contributed by atoms with Gasteiger partial charge in [0, 0.05) is 0 Å². The van der Waals surface area contributed by atoms with E-state index in [2.05, 4.69) is 0 Å². The van der Waals surface area contributed by atoms with Gasteiger partial charge in [0.2, 0.25) is 0 Å². The van der Waals surface area contributed by atoms with E-state index < -0.39 is 0 Å². The number of rotatable bonds is 0. The first-order chi connectivity index (χ1) is 0. The molecule has 0 spiro atoms. The van der Waals surface area contributed by atoms with Crippen molar-refractivity contribution in [1.29, 1.82) is 0 Å². The smallest absolute Gasteiger partial charge is 0.870 e. The van der Waals surface area contributed by atoms with Crippen molar-refractivity contribution in [3.8, 4) is 0 Å². The van der Waals surface area contributed by atoms with Crippen LogP contribution < -0.4 is 0 Å². The molecule has 0 aliphatic carbocycles. The van der Waals surface area contributed by atoms with E-state index >= 15 is 0 Å². The quantitative estimate of drug-likeness (QED) is 0.393. The van der Waals surface area contributed by atoms with Gasteiger partial charge in [0.25, 0.3) is 0 Å². The van der Waals surface area contributed by atoms with Crippen LogP contribution in [-0.2, 0) is 17.4 Å². The largest absolute Gasteiger partial charge is 3.00 e. The molecule has 0 saturated carbocycles. The maximum atomic E-state index is 0. The summed E-state index contributed by atoms with van der Waals surface area (Å²) in [4.78, 5) is 0. The Morgan fingerprint density at radius 1 is 0.600 bits per heavy atom. The standard InChI is InChI=1S/Cr.4H2O/h;4*1H2/q+3;;;;/p-3. The van der Waals surface area contributed by atoms with Gasteiger partial charge in [-0.2, -0.15) is 0 Å². The Hall–Kier alpha value is 0.372. The van der Waals surface area contributed by atoms with Crippen LogP contribution in [0.5, 0.6) is 0 Å². The fraction of sp³-hybridized carbons (Fsp3) is 0. The molecular formula is H5CrO4. The van der Waals surface area contributed by atoms with Gasteiger partial charge in [0.1, 0.15) is 0 Å². The first-order valence-electron chi connectivity index (χ1n) is 0. The van der Waals surface area contributed by atoms with Gasteiger partial charge in [0.05, 0.1) is 0 Å². The van der Waals surface area contributed by atoms with Crippen LogP contribution in [0.3, 0.4) is 0 Å². The molecular weight excluding hydrogens is 116 g/mol. The molecule has 0 aromatic carbocycles. The fourth-order valence-electron chi connectivity index (χ4n) is 0. The monoisotopic (exact) mass is 121 g/mol. The molecule has 0 aromatic rings. The summed E-state index contributed by atoms with van der Waals surface area (Å²) in [7, 11) is 0. The second kappa shape index (κ2) is 358. The average Bonchev–Trinajstić information content (AvgIpc) is 0. The zero-order chi connectivity index (χ0) is 0. The molecule has 0 aliphatic heterocycles. The summed E-state index contributed by atoms with van der Waals surface area (Å²) in [5.41, 5.74) is 0. The minimum atomic E-state index is 0. The molecule has 0 fully saturated rings. The van der Waals surface area contributed by atoms with Crippen molar-refractivity contribution in [2.45, 2.75) is 0 Å². The molecule has 0 saturated heterocycles. The fourth-order valence-corrected chi connectivity index (χ4v) is 0. The molecule has 0 bridgehead atoms. The van der Waals surface area contributed by atoms with Crippen LogP contribution in [-0.4, -0.2) is 21.9 Å². The van der Waals surface area contributed by atoms with Crippen molar-refractivity contribution >= 4 is 0 Å². The predicted molar refractivity (Wildman–Crippen MR) is 9.42 cm³/mol. The summed E-state index contributed by atoms with van der Waals surface area (Å²) in [5.74, 6) is 0. The van der Waals surface area contributed by atoms with Gasteiger partial charge in [-0.05, 0) is 0 Å². The molecule has 4 nitrogen and oxygen atoms in total. The molecule has 0 unspecified atom stereocenters. The van der Waals surface area contributed by atoms with Crippen molar-refractivity contribution < 1.29 is 39.3 Å². The van der Waals surface area contributed by atoms with Gasteiger partial charge in [-0.1, -0.05) is 0 Å². The first-order valence-corrected chi connectivity index (χ1v) is 0. The van der Waals surface area contributed by atoms with Gasteiger partial charge in [0.15, 0.2) is 0 Å². The summed E-state index contributed by atoms with van der Waals surface area (Å²) in [6.07, 6.45) is 0. The third-order valence-electron chi connectivity index (χ3n) is 0. The van der Waals surface area contributed by atoms with Gasteiger partial charge < -0.3 is 21.9 Å². The minimum Gasteiger partial charge on any atom is -0.870 e. The molecule has 0 rings (SSSR count). The summed E-state index contributed by atoms with van der Waals surface area (Å²) in [5, 5.41) is 0. The van der Waals surface area contributed by atoms with E-state index in [0.717, 1.165) is 0 Å². The maximum Gasteiger partial charge on any atom is 3.00 e. The van der Waals surface area contributed by atoms with E-state index in [4.69, 9.17) is 0 Å². The normalized spacial score (nSPS) is 0. The first kappa shape index (κ1) is 740. The van der Waals surface area contributed by atoms with Crippen LogP contribution >= 0.6 is 0 Å². The van der Waals surface area contributed by atoms with Crippen LogP contribution in [0.4, 0.5) is 0 Å². The Labute approximate surface area is 40.2 Å². The molecule has 0 amide bonds. The van der Waals surface area contributed by atoms with Gasteiger partial charge in [-0.15, -0.1) is 0 Å². The Bertz CT molecular complexity index is 3.61. The molecule has 35 valence electrons. The van der Waals surface area contributed by atoms with E-state index in [9.17, 15) is 0 Å². The Balaban J connectivity index is 0. The molecule has 5 N–H and O–H groups in total. The Kier molecular flexibility index (Phi) is 53100. The molecule has 0 atom stereocenters. The van der Waals surface area contributed by atoms with Crippen molar-refractivity contribution in [1.82, 2.24) is 0 Å². The Morgan fingerprint density at radius 3 is 0.600 bits per heavy atom. The zero-order valence-electron chi connectivity index (χ0n) is 2.25. The third kappa shape index (κ3) is 177. The molecule has 0 aliphatic rings.